The second-order valence-electron chi connectivity index (χ2n) is 5.46. The minimum absolute atomic E-state index is 0.629. The number of nitrogens with zero attached hydrogens (tertiary/aromatic N) is 2. The average Bonchev–Trinajstić information content (AvgIpc) is 2.89. The van der Waals surface area contributed by atoms with Gasteiger partial charge in [-0.3, -0.25) is 0 Å². The first kappa shape index (κ1) is 14.3. The van der Waals surface area contributed by atoms with Gasteiger partial charge in [0.1, 0.15) is 11.1 Å². The van der Waals surface area contributed by atoms with Crippen LogP contribution in [0.3, 0.4) is 0 Å². The first-order valence-electron chi connectivity index (χ1n) is 7.02. The van der Waals surface area contributed by atoms with Crippen LogP contribution in [0.25, 0.3) is 11.6 Å². The van der Waals surface area contributed by atoms with E-state index in [4.69, 9.17) is 11.6 Å². The summed E-state index contributed by atoms with van der Waals surface area (Å²) in [4.78, 5) is 6.02. The molecular formula is C17H15ClN2S. The van der Waals surface area contributed by atoms with Crippen LogP contribution in [-0.4, -0.2) is 4.98 Å². The summed E-state index contributed by atoms with van der Waals surface area (Å²) in [6.45, 7) is 2.27. The fourth-order valence-corrected chi connectivity index (χ4v) is 3.89. The maximum absolute atomic E-state index is 9.43. The molecule has 0 radical (unpaired) electrons. The van der Waals surface area contributed by atoms with Crippen LogP contribution in [0.1, 0.15) is 34.5 Å². The predicted molar refractivity (Wildman–Crippen MR) is 88.2 cm³/mol. The molecule has 0 bridgehead atoms. The van der Waals surface area contributed by atoms with E-state index in [1.54, 1.807) is 11.3 Å². The summed E-state index contributed by atoms with van der Waals surface area (Å²) in [5, 5.41) is 11.0. The number of aromatic nitrogens is 1. The van der Waals surface area contributed by atoms with Crippen molar-refractivity contribution >= 4 is 34.6 Å². The minimum atomic E-state index is 0.629. The summed E-state index contributed by atoms with van der Waals surface area (Å²) in [6.07, 6.45) is 5.20. The van der Waals surface area contributed by atoms with Crippen LogP contribution in [0.2, 0.25) is 5.02 Å². The number of hydrogen-bond donors (Lipinski definition) is 0. The summed E-state index contributed by atoms with van der Waals surface area (Å²) in [7, 11) is 0. The molecule has 1 heterocycles. The molecule has 0 saturated carbocycles. The van der Waals surface area contributed by atoms with Crippen molar-refractivity contribution in [2.45, 2.75) is 26.2 Å². The van der Waals surface area contributed by atoms with Crippen molar-refractivity contribution in [3.05, 3.63) is 50.4 Å². The minimum Gasteiger partial charge on any atom is -0.240 e. The maximum atomic E-state index is 9.43. The Morgan fingerprint density at radius 2 is 2.19 bits per heavy atom. The molecule has 0 amide bonds. The van der Waals surface area contributed by atoms with E-state index in [9.17, 15) is 5.26 Å². The zero-order valence-electron chi connectivity index (χ0n) is 11.8. The van der Waals surface area contributed by atoms with E-state index in [0.29, 0.717) is 10.6 Å². The van der Waals surface area contributed by atoms with Crippen LogP contribution < -0.4 is 0 Å². The molecular weight excluding hydrogens is 300 g/mol. The Kier molecular flexibility index (Phi) is 4.10. The molecule has 3 rings (SSSR count). The Morgan fingerprint density at radius 3 is 2.90 bits per heavy atom. The second kappa shape index (κ2) is 6.01. The number of halogens is 1. The number of nitriles is 1. The number of rotatable bonds is 2. The Balaban J connectivity index is 1.94. The fourth-order valence-electron chi connectivity index (χ4n) is 2.52. The summed E-state index contributed by atoms with van der Waals surface area (Å²) in [5.74, 6) is 0.719. The normalized spacial score (nSPS) is 18.1. The second-order valence-corrected chi connectivity index (χ2v) is 6.98. The largest absolute Gasteiger partial charge is 0.240 e. The number of thiazole rings is 1. The standard InChI is InChI=1S/C17H15ClN2S/c1-11-2-7-15-16(8-11)21-17(20-15)13(10-19)9-12-3-5-14(18)6-4-12/h3-6,9,11H,2,7-8H2,1H3/b13-9+/t11-/m1/s1. The highest BCUT2D eigenvalue weighted by atomic mass is 35.5. The predicted octanol–water partition coefficient (Wildman–Crippen LogP) is 4.99. The summed E-state index contributed by atoms with van der Waals surface area (Å²) >= 11 is 7.55. The number of benzene rings is 1. The molecule has 2 nitrogen and oxygen atoms in total. The SMILES string of the molecule is C[C@@H]1CCc2nc(/C(C#N)=C/c3ccc(Cl)cc3)sc2C1. The van der Waals surface area contributed by atoms with Crippen molar-refractivity contribution in [2.75, 3.05) is 0 Å². The Morgan fingerprint density at radius 1 is 1.43 bits per heavy atom. The van der Waals surface area contributed by atoms with Crippen LogP contribution in [0, 0.1) is 17.2 Å². The van der Waals surface area contributed by atoms with Crippen molar-refractivity contribution in [2.24, 2.45) is 5.92 Å². The highest BCUT2D eigenvalue weighted by Crippen LogP contribution is 2.33. The summed E-state index contributed by atoms with van der Waals surface area (Å²) in [6, 6.07) is 9.76. The molecule has 0 saturated heterocycles. The molecule has 4 heteroatoms. The monoisotopic (exact) mass is 314 g/mol. The third-order valence-electron chi connectivity index (χ3n) is 3.72. The lowest BCUT2D eigenvalue weighted by Crippen LogP contribution is -2.09. The fraction of sp³-hybridized carbons (Fsp3) is 0.294. The molecule has 0 fully saturated rings. The smallest absolute Gasteiger partial charge is 0.134 e. The van der Waals surface area contributed by atoms with Gasteiger partial charge < -0.3 is 0 Å². The molecule has 0 spiro atoms. The van der Waals surface area contributed by atoms with Gasteiger partial charge in [-0.25, -0.2) is 4.98 Å². The molecule has 2 aromatic rings. The Labute approximate surface area is 133 Å². The molecule has 1 aliphatic rings. The van der Waals surface area contributed by atoms with E-state index < -0.39 is 0 Å². The average molecular weight is 315 g/mol. The topological polar surface area (TPSA) is 36.7 Å². The maximum Gasteiger partial charge on any atom is 0.134 e. The zero-order valence-corrected chi connectivity index (χ0v) is 13.3. The lowest BCUT2D eigenvalue weighted by molar-refractivity contribution is 0.502. The van der Waals surface area contributed by atoms with Crippen molar-refractivity contribution in [3.8, 4) is 6.07 Å². The van der Waals surface area contributed by atoms with Gasteiger partial charge in [0.25, 0.3) is 0 Å². The first-order chi connectivity index (χ1) is 10.2. The number of hydrogen-bond acceptors (Lipinski definition) is 3. The van der Waals surface area contributed by atoms with Gasteiger partial charge in [0.2, 0.25) is 0 Å². The highest BCUT2D eigenvalue weighted by Gasteiger charge is 2.20. The van der Waals surface area contributed by atoms with Gasteiger partial charge in [0.05, 0.1) is 11.3 Å². The van der Waals surface area contributed by atoms with E-state index in [-0.39, 0.29) is 0 Å². The van der Waals surface area contributed by atoms with Crippen LogP contribution in [0.15, 0.2) is 24.3 Å². The van der Waals surface area contributed by atoms with Crippen molar-refractivity contribution in [3.63, 3.8) is 0 Å². The van der Waals surface area contributed by atoms with Gasteiger partial charge in [-0.1, -0.05) is 30.7 Å². The van der Waals surface area contributed by atoms with Crippen LogP contribution in [0.5, 0.6) is 0 Å². The van der Waals surface area contributed by atoms with Crippen molar-refractivity contribution in [1.82, 2.24) is 4.98 Å². The van der Waals surface area contributed by atoms with E-state index in [1.165, 1.54) is 17.0 Å². The van der Waals surface area contributed by atoms with Crippen molar-refractivity contribution in [1.29, 1.82) is 5.26 Å². The molecule has 0 unspecified atom stereocenters. The molecule has 1 atom stereocenters. The highest BCUT2D eigenvalue weighted by molar-refractivity contribution is 7.13. The summed E-state index contributed by atoms with van der Waals surface area (Å²) in [5.41, 5.74) is 2.78. The molecule has 1 aliphatic carbocycles. The van der Waals surface area contributed by atoms with Gasteiger partial charge in [-0.15, -0.1) is 11.3 Å². The van der Waals surface area contributed by atoms with Gasteiger partial charge in [0, 0.05) is 9.90 Å². The molecule has 0 N–H and O–H groups in total. The zero-order chi connectivity index (χ0) is 14.8. The van der Waals surface area contributed by atoms with Gasteiger partial charge >= 0.3 is 0 Å². The molecule has 106 valence electrons. The van der Waals surface area contributed by atoms with E-state index in [2.05, 4.69) is 18.0 Å². The summed E-state index contributed by atoms with van der Waals surface area (Å²) < 4.78 is 0. The van der Waals surface area contributed by atoms with Gasteiger partial charge in [-0.05, 0) is 49.0 Å². The first-order valence-corrected chi connectivity index (χ1v) is 8.21. The van der Waals surface area contributed by atoms with Crippen LogP contribution in [-0.2, 0) is 12.8 Å². The van der Waals surface area contributed by atoms with E-state index in [0.717, 1.165) is 29.3 Å². The van der Waals surface area contributed by atoms with Gasteiger partial charge in [-0.2, -0.15) is 5.26 Å². The van der Waals surface area contributed by atoms with E-state index >= 15 is 0 Å². The third kappa shape index (κ3) is 3.18. The number of allylic oxidation sites excluding steroid dienone is 1. The molecule has 1 aromatic carbocycles. The Bertz CT molecular complexity index is 722. The molecule has 1 aromatic heterocycles. The van der Waals surface area contributed by atoms with Crippen molar-refractivity contribution < 1.29 is 0 Å². The van der Waals surface area contributed by atoms with Crippen LogP contribution in [0.4, 0.5) is 0 Å². The van der Waals surface area contributed by atoms with Gasteiger partial charge in [0.15, 0.2) is 0 Å². The third-order valence-corrected chi connectivity index (χ3v) is 5.12. The lowest BCUT2D eigenvalue weighted by Gasteiger charge is -2.15. The molecule has 0 aliphatic heterocycles. The van der Waals surface area contributed by atoms with E-state index in [1.807, 2.05) is 30.3 Å². The molecule has 21 heavy (non-hydrogen) atoms. The number of aryl methyl sites for hydroxylation is 1. The quantitative estimate of drug-likeness (QED) is 0.732. The lowest BCUT2D eigenvalue weighted by atomic mass is 9.93. The van der Waals surface area contributed by atoms with Crippen LogP contribution >= 0.6 is 22.9 Å². The number of fused-ring (bicyclic) bond motifs is 1. The Hall–Kier alpha value is -1.63.